The number of aromatic nitrogens is 4. The molecule has 0 fully saturated rings. The fraction of sp³-hybridized carbons (Fsp3) is 0.448. The average Bonchev–Trinajstić information content (AvgIpc) is 2.98. The molecule has 0 aliphatic carbocycles. The number of ether oxygens (including phenoxy) is 1. The summed E-state index contributed by atoms with van der Waals surface area (Å²) in [6.07, 6.45) is 9.31. The molecule has 0 aromatic carbocycles. The summed E-state index contributed by atoms with van der Waals surface area (Å²) in [7, 11) is 0. The summed E-state index contributed by atoms with van der Waals surface area (Å²) in [5, 5.41) is 23.6. The Morgan fingerprint density at radius 3 is 2.88 bits per heavy atom. The maximum atomic E-state index is 12.1. The summed E-state index contributed by atoms with van der Waals surface area (Å²) >= 11 is 0. The molecule has 0 saturated heterocycles. The van der Waals surface area contributed by atoms with E-state index < -0.39 is 12.0 Å². The lowest BCUT2D eigenvalue weighted by Crippen LogP contribution is -2.37. The minimum absolute atomic E-state index is 0.150. The number of hydrogen-bond acceptors (Lipinski definition) is 11. The molecule has 1 aliphatic rings. The van der Waals surface area contributed by atoms with Crippen LogP contribution in [-0.4, -0.2) is 81.0 Å². The third-order valence-electron chi connectivity index (χ3n) is 7.06. The quantitative estimate of drug-likeness (QED) is 0.128. The fourth-order valence-electron chi connectivity index (χ4n) is 4.69. The van der Waals surface area contributed by atoms with Gasteiger partial charge in [-0.3, -0.25) is 9.88 Å². The highest BCUT2D eigenvalue weighted by Crippen LogP contribution is 2.21. The Hall–Kier alpha value is -4.32. The van der Waals surface area contributed by atoms with Crippen LogP contribution in [0, 0.1) is 12.3 Å². The lowest BCUT2D eigenvalue weighted by molar-refractivity contribution is -0.138. The maximum Gasteiger partial charge on any atom is 0.326 e. The Kier molecular flexibility index (Phi) is 10.8. The van der Waals surface area contributed by atoms with E-state index in [1.54, 1.807) is 6.20 Å². The van der Waals surface area contributed by atoms with E-state index in [4.69, 9.17) is 20.9 Å². The Bertz CT molecular complexity index is 1300. The van der Waals surface area contributed by atoms with Crippen molar-refractivity contribution in [1.29, 1.82) is 5.41 Å². The van der Waals surface area contributed by atoms with Crippen LogP contribution in [0.2, 0.25) is 0 Å². The summed E-state index contributed by atoms with van der Waals surface area (Å²) in [5.41, 5.74) is 9.70. The molecule has 0 unspecified atom stereocenters. The fourth-order valence-corrected chi connectivity index (χ4v) is 4.69. The lowest BCUT2D eigenvalue weighted by atomic mass is 10.1. The van der Waals surface area contributed by atoms with E-state index in [-0.39, 0.29) is 17.2 Å². The van der Waals surface area contributed by atoms with Crippen LogP contribution in [0.3, 0.4) is 0 Å². The second-order valence-corrected chi connectivity index (χ2v) is 10.1. The molecule has 0 spiro atoms. The number of aliphatic carboxylic acids is 1. The molecule has 4 rings (SSSR count). The number of fused-ring (bicyclic) bond motifs is 1. The van der Waals surface area contributed by atoms with E-state index in [1.165, 1.54) is 11.9 Å². The summed E-state index contributed by atoms with van der Waals surface area (Å²) in [6.45, 7) is 5.31. The molecule has 4 heterocycles. The third-order valence-corrected chi connectivity index (χ3v) is 7.06. The van der Waals surface area contributed by atoms with Crippen molar-refractivity contribution < 1.29 is 14.6 Å². The topological polar surface area (TPSA) is 175 Å². The minimum Gasteiger partial charge on any atom is -0.491 e. The number of carbonyl (C=O) groups is 1. The Balaban J connectivity index is 1.33. The van der Waals surface area contributed by atoms with Crippen molar-refractivity contribution in [2.75, 3.05) is 49.2 Å². The first-order valence-electron chi connectivity index (χ1n) is 14.0. The first-order chi connectivity index (χ1) is 19.9. The van der Waals surface area contributed by atoms with Crippen LogP contribution in [0.15, 0.2) is 36.8 Å². The van der Waals surface area contributed by atoms with E-state index in [0.717, 1.165) is 68.6 Å². The molecule has 0 radical (unpaired) electrons. The molecule has 1 atom stereocenters. The molecule has 0 saturated carbocycles. The van der Waals surface area contributed by atoms with Gasteiger partial charge in [0.1, 0.15) is 41.9 Å². The Morgan fingerprint density at radius 1 is 1.22 bits per heavy atom. The van der Waals surface area contributed by atoms with E-state index in [0.29, 0.717) is 31.9 Å². The van der Waals surface area contributed by atoms with Gasteiger partial charge in [-0.15, -0.1) is 0 Å². The number of nitrogens with zero attached hydrogens (tertiary/aromatic N) is 5. The number of carboxylic acid groups (broad SMARTS) is 1. The maximum absolute atomic E-state index is 12.1. The number of unbranched alkanes of at least 4 members (excludes halogenated alkanes) is 1. The van der Waals surface area contributed by atoms with Gasteiger partial charge < -0.3 is 31.6 Å². The van der Waals surface area contributed by atoms with Gasteiger partial charge in [0.25, 0.3) is 0 Å². The first kappa shape index (κ1) is 29.7. The Morgan fingerprint density at radius 2 is 2.10 bits per heavy atom. The van der Waals surface area contributed by atoms with Crippen molar-refractivity contribution in [3.8, 4) is 5.75 Å². The summed E-state index contributed by atoms with van der Waals surface area (Å²) in [5.74, 6) is 0.921. The normalized spacial score (nSPS) is 13.2. The van der Waals surface area contributed by atoms with E-state index in [2.05, 4.69) is 42.6 Å². The SMILES string of the molecule is Cc1ccc(OCCN(CCCCc2ccc3c(n2)NCCC3)CC[C@H](Nc2ncnc(C=N)c2N)C(=O)O)cn1. The molecular weight excluding hydrogens is 522 g/mol. The van der Waals surface area contributed by atoms with Crippen LogP contribution in [0.5, 0.6) is 5.75 Å². The van der Waals surface area contributed by atoms with Gasteiger partial charge >= 0.3 is 5.97 Å². The highest BCUT2D eigenvalue weighted by atomic mass is 16.5. The van der Waals surface area contributed by atoms with Gasteiger partial charge in [0.15, 0.2) is 5.82 Å². The molecule has 12 nitrogen and oxygen atoms in total. The van der Waals surface area contributed by atoms with Crippen LogP contribution in [0.4, 0.5) is 17.3 Å². The zero-order chi connectivity index (χ0) is 29.0. The van der Waals surface area contributed by atoms with Gasteiger partial charge in [0.05, 0.1) is 6.20 Å². The number of rotatable bonds is 16. The largest absolute Gasteiger partial charge is 0.491 e. The van der Waals surface area contributed by atoms with Gasteiger partial charge in [-0.2, -0.15) is 0 Å². The molecule has 3 aromatic heterocycles. The van der Waals surface area contributed by atoms with Crippen LogP contribution in [0.1, 0.15) is 48.3 Å². The molecule has 41 heavy (non-hydrogen) atoms. The number of nitrogens with one attached hydrogen (secondary N) is 3. The second-order valence-electron chi connectivity index (χ2n) is 10.1. The number of hydrogen-bond donors (Lipinski definition) is 5. The van der Waals surface area contributed by atoms with Crippen molar-refractivity contribution in [2.24, 2.45) is 0 Å². The predicted molar refractivity (Wildman–Crippen MR) is 159 cm³/mol. The van der Waals surface area contributed by atoms with E-state index in [9.17, 15) is 9.90 Å². The zero-order valence-corrected chi connectivity index (χ0v) is 23.5. The predicted octanol–water partition coefficient (Wildman–Crippen LogP) is 3.17. The van der Waals surface area contributed by atoms with Gasteiger partial charge in [-0.1, -0.05) is 6.07 Å². The summed E-state index contributed by atoms with van der Waals surface area (Å²) in [4.78, 5) is 31.4. The van der Waals surface area contributed by atoms with Crippen molar-refractivity contribution in [3.05, 3.63) is 59.4 Å². The van der Waals surface area contributed by atoms with Gasteiger partial charge in [0, 0.05) is 37.2 Å². The molecule has 218 valence electrons. The van der Waals surface area contributed by atoms with Crippen molar-refractivity contribution >= 4 is 29.5 Å². The van der Waals surface area contributed by atoms with Crippen LogP contribution in [0.25, 0.3) is 0 Å². The van der Waals surface area contributed by atoms with E-state index >= 15 is 0 Å². The smallest absolute Gasteiger partial charge is 0.326 e. The van der Waals surface area contributed by atoms with Gasteiger partial charge in [-0.05, 0) is 75.8 Å². The standard InChI is InChI=1S/C29H39N9O3/c1-20-7-10-23(18-33-20)41-16-15-38(13-3-2-6-22-9-8-21-5-4-12-32-27(21)36-22)14-11-24(29(39)40)37-28-26(31)25(17-30)34-19-35-28/h7-10,17-19,24,30H,2-6,11-16,31H2,1H3,(H,32,36)(H,39,40)(H,34,35,37)/t24-/m0/s1. The number of carboxylic acids is 1. The average molecular weight is 562 g/mol. The van der Waals surface area contributed by atoms with Gasteiger partial charge in [0.2, 0.25) is 0 Å². The van der Waals surface area contributed by atoms with E-state index in [1.807, 2.05) is 19.1 Å². The zero-order valence-electron chi connectivity index (χ0n) is 23.5. The lowest BCUT2D eigenvalue weighted by Gasteiger charge is -2.25. The van der Waals surface area contributed by atoms with Crippen LogP contribution < -0.4 is 21.1 Å². The summed E-state index contributed by atoms with van der Waals surface area (Å²) in [6, 6.07) is 7.19. The number of aryl methyl sites for hydroxylation is 3. The number of nitrogen functional groups attached to an aromatic ring is 1. The highest BCUT2D eigenvalue weighted by molar-refractivity contribution is 5.87. The minimum atomic E-state index is -1.01. The molecule has 1 aliphatic heterocycles. The molecule has 12 heteroatoms. The summed E-state index contributed by atoms with van der Waals surface area (Å²) < 4.78 is 5.90. The number of nitrogens with two attached hydrogens (primary N) is 1. The molecule has 0 amide bonds. The van der Waals surface area contributed by atoms with Crippen LogP contribution >= 0.6 is 0 Å². The highest BCUT2D eigenvalue weighted by Gasteiger charge is 2.21. The van der Waals surface area contributed by atoms with Crippen molar-refractivity contribution in [2.45, 2.75) is 51.5 Å². The molecule has 6 N–H and O–H groups in total. The molecule has 3 aromatic rings. The third kappa shape index (κ3) is 8.84. The molecular formula is C29H39N9O3. The second kappa shape index (κ2) is 14.9. The first-order valence-corrected chi connectivity index (χ1v) is 14.0. The van der Waals surface area contributed by atoms with Crippen molar-refractivity contribution in [1.82, 2.24) is 24.8 Å². The van der Waals surface area contributed by atoms with Crippen molar-refractivity contribution in [3.63, 3.8) is 0 Å². The van der Waals surface area contributed by atoms with Gasteiger partial charge in [-0.25, -0.2) is 19.7 Å². The molecule has 0 bridgehead atoms. The Labute approximate surface area is 240 Å². The van der Waals surface area contributed by atoms with Crippen LogP contribution in [-0.2, 0) is 17.6 Å². The number of pyridine rings is 2. The monoisotopic (exact) mass is 561 g/mol. The number of anilines is 3.